The van der Waals surface area contributed by atoms with Crippen LogP contribution in [0.15, 0.2) is 48.8 Å². The van der Waals surface area contributed by atoms with Crippen molar-refractivity contribution in [2.24, 2.45) is 5.92 Å². The lowest BCUT2D eigenvalue weighted by Crippen LogP contribution is -2.26. The van der Waals surface area contributed by atoms with Gasteiger partial charge in [-0.25, -0.2) is 9.50 Å². The lowest BCUT2D eigenvalue weighted by Gasteiger charge is -2.22. The molecular weight excluding hydrogens is 328 g/mol. The van der Waals surface area contributed by atoms with Crippen molar-refractivity contribution >= 4 is 11.3 Å². The van der Waals surface area contributed by atoms with Crippen LogP contribution in [0.5, 0.6) is 0 Å². The molecule has 4 rings (SSSR count). The number of hydrogen-bond donors (Lipinski definition) is 1. The van der Waals surface area contributed by atoms with Crippen molar-refractivity contribution in [3.8, 4) is 0 Å². The van der Waals surface area contributed by atoms with Crippen molar-refractivity contribution in [1.82, 2.24) is 14.6 Å². The van der Waals surface area contributed by atoms with Crippen molar-refractivity contribution < 1.29 is 9.47 Å². The average Bonchev–Trinajstić information content (AvgIpc) is 3.23. The first-order valence-electron chi connectivity index (χ1n) is 9.08. The highest BCUT2D eigenvalue weighted by Crippen LogP contribution is 2.41. The molecule has 1 saturated heterocycles. The van der Waals surface area contributed by atoms with Crippen LogP contribution in [-0.4, -0.2) is 26.8 Å². The molecule has 4 atom stereocenters. The molecule has 136 valence electrons. The third-order valence-electron chi connectivity index (χ3n) is 5.21. The van der Waals surface area contributed by atoms with E-state index in [2.05, 4.69) is 36.1 Å². The van der Waals surface area contributed by atoms with Gasteiger partial charge in [0, 0.05) is 5.92 Å². The Hall–Kier alpha value is -2.44. The number of aromatic nitrogens is 3. The van der Waals surface area contributed by atoms with Gasteiger partial charge < -0.3 is 15.2 Å². The Bertz CT molecular complexity index is 880. The van der Waals surface area contributed by atoms with Crippen LogP contribution >= 0.6 is 0 Å². The fraction of sp³-hybridized carbons (Fsp3) is 0.400. The average molecular weight is 352 g/mol. The summed E-state index contributed by atoms with van der Waals surface area (Å²) in [5.41, 5.74) is 8.88. The molecule has 2 aromatic heterocycles. The van der Waals surface area contributed by atoms with Gasteiger partial charge in [0.25, 0.3) is 0 Å². The number of rotatable bonds is 5. The Morgan fingerprint density at radius 2 is 2.00 bits per heavy atom. The summed E-state index contributed by atoms with van der Waals surface area (Å²) < 4.78 is 14.5. The highest BCUT2D eigenvalue weighted by Gasteiger charge is 2.43. The molecular formula is C20H24N4O2. The minimum absolute atomic E-state index is 0.0468. The van der Waals surface area contributed by atoms with Gasteiger partial charge in [0.2, 0.25) is 0 Å². The predicted molar refractivity (Wildman–Crippen MR) is 99.5 cm³/mol. The molecule has 3 heterocycles. The second-order valence-corrected chi connectivity index (χ2v) is 6.82. The largest absolute Gasteiger partial charge is 0.382 e. The molecule has 0 bridgehead atoms. The van der Waals surface area contributed by atoms with Gasteiger partial charge in [-0.2, -0.15) is 5.10 Å². The van der Waals surface area contributed by atoms with Crippen LogP contribution in [0.25, 0.3) is 5.52 Å². The van der Waals surface area contributed by atoms with E-state index in [1.807, 2.05) is 34.8 Å². The van der Waals surface area contributed by atoms with Crippen molar-refractivity contribution in [2.75, 3.05) is 5.73 Å². The van der Waals surface area contributed by atoms with Crippen molar-refractivity contribution in [2.45, 2.75) is 45.2 Å². The van der Waals surface area contributed by atoms with Crippen molar-refractivity contribution in [3.63, 3.8) is 0 Å². The van der Waals surface area contributed by atoms with Crippen LogP contribution in [0.3, 0.4) is 0 Å². The summed E-state index contributed by atoms with van der Waals surface area (Å²) in [5.74, 6) is 0.754. The van der Waals surface area contributed by atoms with E-state index in [1.165, 1.54) is 6.33 Å². The number of nitrogens with zero attached hydrogens (tertiary/aromatic N) is 3. The van der Waals surface area contributed by atoms with Gasteiger partial charge in [0.05, 0.1) is 24.5 Å². The minimum Gasteiger partial charge on any atom is -0.382 e. The van der Waals surface area contributed by atoms with E-state index < -0.39 is 0 Å². The quantitative estimate of drug-likeness (QED) is 0.762. The van der Waals surface area contributed by atoms with Crippen LogP contribution in [0.2, 0.25) is 0 Å². The molecule has 0 radical (unpaired) electrons. The van der Waals surface area contributed by atoms with Gasteiger partial charge in [-0.1, -0.05) is 44.2 Å². The van der Waals surface area contributed by atoms with Gasteiger partial charge in [-0.15, -0.1) is 0 Å². The Labute approximate surface area is 152 Å². The highest BCUT2D eigenvalue weighted by molar-refractivity contribution is 5.65. The maximum atomic E-state index is 6.37. The zero-order valence-electron chi connectivity index (χ0n) is 15.1. The number of nitrogen functional groups attached to an aromatic ring is 1. The number of nitrogens with two attached hydrogens (primary N) is 1. The molecule has 26 heavy (non-hydrogen) atoms. The summed E-state index contributed by atoms with van der Waals surface area (Å²) >= 11 is 0. The maximum Gasteiger partial charge on any atom is 0.151 e. The molecule has 6 heteroatoms. The van der Waals surface area contributed by atoms with Gasteiger partial charge in [-0.05, 0) is 24.1 Å². The van der Waals surface area contributed by atoms with Crippen molar-refractivity contribution in [1.29, 1.82) is 0 Å². The van der Waals surface area contributed by atoms with Gasteiger partial charge in [0.1, 0.15) is 17.9 Å². The summed E-state index contributed by atoms with van der Waals surface area (Å²) in [7, 11) is 0. The Balaban J connectivity index is 1.64. The first-order valence-corrected chi connectivity index (χ1v) is 9.08. The highest BCUT2D eigenvalue weighted by atomic mass is 16.6. The fourth-order valence-electron chi connectivity index (χ4n) is 3.78. The fourth-order valence-corrected chi connectivity index (χ4v) is 3.78. The zero-order valence-corrected chi connectivity index (χ0v) is 15.1. The predicted octanol–water partition coefficient (Wildman–Crippen LogP) is 3.38. The summed E-state index contributed by atoms with van der Waals surface area (Å²) in [6.45, 7) is 4.91. The Morgan fingerprint density at radius 1 is 1.19 bits per heavy atom. The molecule has 0 spiro atoms. The van der Waals surface area contributed by atoms with Crippen molar-refractivity contribution in [3.05, 3.63) is 60.0 Å². The molecule has 6 nitrogen and oxygen atoms in total. The Kier molecular flexibility index (Phi) is 4.61. The first kappa shape index (κ1) is 17.0. The van der Waals surface area contributed by atoms with E-state index in [9.17, 15) is 0 Å². The van der Waals surface area contributed by atoms with Crippen LogP contribution in [0.1, 0.15) is 37.6 Å². The van der Waals surface area contributed by atoms with E-state index in [-0.39, 0.29) is 18.3 Å². The van der Waals surface area contributed by atoms with E-state index >= 15 is 0 Å². The minimum atomic E-state index is -0.185. The second-order valence-electron chi connectivity index (χ2n) is 6.82. The molecule has 2 N–H and O–H groups in total. The molecule has 0 aliphatic carbocycles. The molecule has 1 aliphatic rings. The van der Waals surface area contributed by atoms with Gasteiger partial charge in [-0.3, -0.25) is 0 Å². The number of ether oxygens (including phenoxy) is 2. The van der Waals surface area contributed by atoms with Gasteiger partial charge in [0.15, 0.2) is 5.82 Å². The van der Waals surface area contributed by atoms with E-state index in [1.54, 1.807) is 0 Å². The smallest absolute Gasteiger partial charge is 0.151 e. The van der Waals surface area contributed by atoms with Crippen LogP contribution < -0.4 is 5.73 Å². The normalized spacial score (nSPS) is 25.8. The molecule has 3 aromatic rings. The molecule has 0 saturated carbocycles. The summed E-state index contributed by atoms with van der Waals surface area (Å²) in [6.07, 6.45) is 2.35. The number of benzene rings is 1. The number of anilines is 1. The first-order chi connectivity index (χ1) is 12.7. The van der Waals surface area contributed by atoms with E-state index in [0.29, 0.717) is 18.3 Å². The standard InChI is InChI=1S/C20H24N4O2/c1-3-17-13(2)18(25-11-14-7-5-4-6-8-14)19(26-17)15-9-10-16-20(21)22-12-23-24(15)16/h4-10,12-13,17-19H,3,11H2,1-2H3,(H2,21,22,23)/t13-,17-,18-,19+/m1/s1. The summed E-state index contributed by atoms with van der Waals surface area (Å²) in [6, 6.07) is 14.2. The molecule has 1 aliphatic heterocycles. The third kappa shape index (κ3) is 2.95. The Morgan fingerprint density at radius 3 is 2.77 bits per heavy atom. The van der Waals surface area contributed by atoms with Crippen LogP contribution in [-0.2, 0) is 16.1 Å². The topological polar surface area (TPSA) is 74.7 Å². The maximum absolute atomic E-state index is 6.37. The molecule has 0 unspecified atom stereocenters. The molecule has 1 aromatic carbocycles. The second kappa shape index (κ2) is 7.05. The summed E-state index contributed by atoms with van der Waals surface area (Å²) in [4.78, 5) is 4.06. The van der Waals surface area contributed by atoms with E-state index in [4.69, 9.17) is 15.2 Å². The SMILES string of the molecule is CC[C@H]1O[C@@H](c2ccc3c(N)ncnn23)[C@H](OCc2ccccc2)[C@@H]1C. The summed E-state index contributed by atoms with van der Waals surface area (Å²) in [5, 5.41) is 4.37. The lowest BCUT2D eigenvalue weighted by atomic mass is 9.95. The molecule has 1 fully saturated rings. The van der Waals surface area contributed by atoms with Crippen LogP contribution in [0, 0.1) is 5.92 Å². The molecule has 0 amide bonds. The lowest BCUT2D eigenvalue weighted by molar-refractivity contribution is -0.0362. The van der Waals surface area contributed by atoms with Crippen LogP contribution in [0.4, 0.5) is 5.82 Å². The third-order valence-corrected chi connectivity index (χ3v) is 5.21. The van der Waals surface area contributed by atoms with Gasteiger partial charge >= 0.3 is 0 Å². The van der Waals surface area contributed by atoms with E-state index in [0.717, 1.165) is 23.2 Å². The zero-order chi connectivity index (χ0) is 18.1. The number of hydrogen-bond acceptors (Lipinski definition) is 5. The number of fused-ring (bicyclic) bond motifs is 1. The monoisotopic (exact) mass is 352 g/mol.